The molecule has 1 N–H and O–H groups in total. The number of hydrogen-bond donors (Lipinski definition) is 1. The third-order valence-electron chi connectivity index (χ3n) is 2.69. The van der Waals surface area contributed by atoms with Gasteiger partial charge < -0.3 is 5.11 Å². The van der Waals surface area contributed by atoms with Crippen molar-refractivity contribution < 1.29 is 14.3 Å². The quantitative estimate of drug-likeness (QED) is 0.835. The average molecular weight is 225 g/mol. The Balaban J connectivity index is 2.59. The number of carbonyl (C=O) groups is 1. The van der Waals surface area contributed by atoms with Gasteiger partial charge in [0.1, 0.15) is 5.82 Å². The third-order valence-corrected chi connectivity index (χ3v) is 2.69. The predicted molar refractivity (Wildman–Crippen MR) is 59.7 cm³/mol. The lowest BCUT2D eigenvalue weighted by Crippen LogP contribution is -2.25. The van der Waals surface area contributed by atoms with Gasteiger partial charge in [-0.25, -0.2) is 4.39 Å². The van der Waals surface area contributed by atoms with Crippen molar-refractivity contribution in [2.45, 2.75) is 19.4 Å². The van der Waals surface area contributed by atoms with Crippen LogP contribution in [0.15, 0.2) is 24.3 Å². The fraction of sp³-hybridized carbons (Fsp3) is 0.417. The molecule has 88 valence electrons. The van der Waals surface area contributed by atoms with E-state index in [1.807, 2.05) is 18.9 Å². The topological polar surface area (TPSA) is 40.5 Å². The van der Waals surface area contributed by atoms with Crippen molar-refractivity contribution in [1.29, 1.82) is 0 Å². The summed E-state index contributed by atoms with van der Waals surface area (Å²) in [4.78, 5) is 12.4. The van der Waals surface area contributed by atoms with Crippen LogP contribution in [0.5, 0.6) is 0 Å². The number of halogens is 1. The van der Waals surface area contributed by atoms with Gasteiger partial charge in [-0.2, -0.15) is 0 Å². The van der Waals surface area contributed by atoms with Crippen molar-refractivity contribution >= 4 is 5.97 Å². The first-order chi connectivity index (χ1) is 7.50. The highest BCUT2D eigenvalue weighted by Crippen LogP contribution is 2.18. The van der Waals surface area contributed by atoms with E-state index in [9.17, 15) is 9.18 Å². The largest absolute Gasteiger partial charge is 0.481 e. The molecule has 3 nitrogen and oxygen atoms in total. The van der Waals surface area contributed by atoms with E-state index in [0.29, 0.717) is 6.54 Å². The summed E-state index contributed by atoms with van der Waals surface area (Å²) in [5.41, 5.74) is 0.981. The predicted octanol–water partition coefficient (Wildman–Crippen LogP) is 2.29. The van der Waals surface area contributed by atoms with Crippen molar-refractivity contribution in [1.82, 2.24) is 4.90 Å². The summed E-state index contributed by atoms with van der Waals surface area (Å²) in [6.07, 6.45) is 0.113. The Morgan fingerprint density at radius 1 is 1.44 bits per heavy atom. The molecule has 0 spiro atoms. The summed E-state index contributed by atoms with van der Waals surface area (Å²) >= 11 is 0. The molecule has 1 rings (SSSR count). The van der Waals surface area contributed by atoms with Crippen LogP contribution in [0.2, 0.25) is 0 Å². The Morgan fingerprint density at radius 3 is 2.50 bits per heavy atom. The van der Waals surface area contributed by atoms with Crippen molar-refractivity contribution in [3.05, 3.63) is 35.6 Å². The monoisotopic (exact) mass is 225 g/mol. The van der Waals surface area contributed by atoms with Gasteiger partial charge in [0.25, 0.3) is 0 Å². The molecule has 16 heavy (non-hydrogen) atoms. The zero-order chi connectivity index (χ0) is 12.1. The van der Waals surface area contributed by atoms with Gasteiger partial charge in [-0.3, -0.25) is 9.69 Å². The van der Waals surface area contributed by atoms with Gasteiger partial charge in [0, 0.05) is 12.6 Å². The van der Waals surface area contributed by atoms with Crippen molar-refractivity contribution in [2.24, 2.45) is 0 Å². The van der Waals surface area contributed by atoms with Gasteiger partial charge in [-0.15, -0.1) is 0 Å². The van der Waals surface area contributed by atoms with Crippen LogP contribution in [0.4, 0.5) is 4.39 Å². The number of aliphatic carboxylic acids is 1. The van der Waals surface area contributed by atoms with Gasteiger partial charge in [0.15, 0.2) is 0 Å². The molecule has 0 amide bonds. The Morgan fingerprint density at radius 2 is 2.00 bits per heavy atom. The minimum Gasteiger partial charge on any atom is -0.481 e. The van der Waals surface area contributed by atoms with Gasteiger partial charge in [0.2, 0.25) is 0 Å². The van der Waals surface area contributed by atoms with Crippen molar-refractivity contribution in [3.63, 3.8) is 0 Å². The van der Waals surface area contributed by atoms with Crippen LogP contribution in [0.25, 0.3) is 0 Å². The molecule has 1 aromatic rings. The maximum atomic E-state index is 12.7. The molecule has 0 aliphatic rings. The molecule has 0 aliphatic carbocycles. The van der Waals surface area contributed by atoms with Crippen LogP contribution in [-0.2, 0) is 4.79 Å². The number of carboxylic acids is 1. The number of hydrogen-bond acceptors (Lipinski definition) is 2. The highest BCUT2D eigenvalue weighted by molar-refractivity contribution is 5.66. The molecule has 0 bridgehead atoms. The smallest absolute Gasteiger partial charge is 0.304 e. The van der Waals surface area contributed by atoms with E-state index in [4.69, 9.17) is 5.11 Å². The average Bonchev–Trinajstić information content (AvgIpc) is 2.26. The first kappa shape index (κ1) is 12.6. The van der Waals surface area contributed by atoms with Crippen LogP contribution in [0.1, 0.15) is 24.9 Å². The van der Waals surface area contributed by atoms with Gasteiger partial charge in [0.05, 0.1) is 6.42 Å². The molecule has 0 saturated carbocycles. The molecule has 0 aromatic heterocycles. The van der Waals surface area contributed by atoms with E-state index in [2.05, 4.69) is 0 Å². The SMILES string of the molecule is CC(c1ccc(F)cc1)N(C)CCC(=O)O. The highest BCUT2D eigenvalue weighted by Gasteiger charge is 2.12. The fourth-order valence-corrected chi connectivity index (χ4v) is 1.46. The minimum atomic E-state index is -0.807. The Kier molecular flexibility index (Phi) is 4.43. The molecular formula is C12H16FNO2. The molecule has 1 aromatic carbocycles. The molecule has 1 atom stereocenters. The Bertz CT molecular complexity index is 351. The molecule has 0 saturated heterocycles. The molecule has 0 radical (unpaired) electrons. The third kappa shape index (κ3) is 3.62. The molecule has 0 aliphatic heterocycles. The zero-order valence-electron chi connectivity index (χ0n) is 9.48. The van der Waals surface area contributed by atoms with Crippen LogP contribution in [0, 0.1) is 5.82 Å². The maximum absolute atomic E-state index is 12.7. The summed E-state index contributed by atoms with van der Waals surface area (Å²) in [5, 5.41) is 8.57. The summed E-state index contributed by atoms with van der Waals surface area (Å²) in [5.74, 6) is -1.07. The number of benzene rings is 1. The van der Waals surface area contributed by atoms with Gasteiger partial charge in [-0.05, 0) is 31.7 Å². The zero-order valence-corrected chi connectivity index (χ0v) is 9.48. The lowest BCUT2D eigenvalue weighted by atomic mass is 10.1. The number of nitrogens with zero attached hydrogens (tertiary/aromatic N) is 1. The lowest BCUT2D eigenvalue weighted by molar-refractivity contribution is -0.137. The molecule has 4 heteroatoms. The van der Waals surface area contributed by atoms with E-state index in [1.165, 1.54) is 12.1 Å². The van der Waals surface area contributed by atoms with Crippen LogP contribution >= 0.6 is 0 Å². The fourth-order valence-electron chi connectivity index (χ4n) is 1.46. The van der Waals surface area contributed by atoms with E-state index in [-0.39, 0.29) is 18.3 Å². The second-order valence-corrected chi connectivity index (χ2v) is 3.85. The normalized spacial score (nSPS) is 12.8. The van der Waals surface area contributed by atoms with E-state index in [0.717, 1.165) is 5.56 Å². The summed E-state index contributed by atoms with van der Waals surface area (Å²) in [7, 11) is 1.86. The van der Waals surface area contributed by atoms with Crippen molar-refractivity contribution in [2.75, 3.05) is 13.6 Å². The first-order valence-electron chi connectivity index (χ1n) is 5.18. The minimum absolute atomic E-state index is 0.0833. The van der Waals surface area contributed by atoms with Gasteiger partial charge >= 0.3 is 5.97 Å². The van der Waals surface area contributed by atoms with Crippen LogP contribution in [-0.4, -0.2) is 29.6 Å². The van der Waals surface area contributed by atoms with E-state index >= 15 is 0 Å². The summed E-state index contributed by atoms with van der Waals surface area (Å²) in [6.45, 7) is 2.45. The Labute approximate surface area is 94.5 Å². The van der Waals surface area contributed by atoms with Crippen LogP contribution < -0.4 is 0 Å². The second-order valence-electron chi connectivity index (χ2n) is 3.85. The Hall–Kier alpha value is -1.42. The standard InChI is InChI=1S/C12H16FNO2/c1-9(14(2)8-7-12(15)16)10-3-5-11(13)6-4-10/h3-6,9H,7-8H2,1-2H3,(H,15,16). The first-order valence-corrected chi connectivity index (χ1v) is 5.18. The maximum Gasteiger partial charge on any atom is 0.304 e. The van der Waals surface area contributed by atoms with Crippen LogP contribution in [0.3, 0.4) is 0 Å². The summed E-state index contributed by atoms with van der Waals surface area (Å²) < 4.78 is 12.7. The van der Waals surface area contributed by atoms with Crippen molar-refractivity contribution in [3.8, 4) is 0 Å². The molecular weight excluding hydrogens is 209 g/mol. The van der Waals surface area contributed by atoms with Gasteiger partial charge in [-0.1, -0.05) is 12.1 Å². The molecule has 1 unspecified atom stereocenters. The number of carboxylic acid groups (broad SMARTS) is 1. The second kappa shape index (κ2) is 5.61. The molecule has 0 heterocycles. The van der Waals surface area contributed by atoms with E-state index in [1.54, 1.807) is 12.1 Å². The summed E-state index contributed by atoms with van der Waals surface area (Å²) in [6, 6.07) is 6.35. The lowest BCUT2D eigenvalue weighted by Gasteiger charge is -2.24. The highest BCUT2D eigenvalue weighted by atomic mass is 19.1. The number of rotatable bonds is 5. The molecule has 0 fully saturated rings. The van der Waals surface area contributed by atoms with E-state index < -0.39 is 5.97 Å².